The maximum atomic E-state index is 11.1. The normalized spacial score (nSPS) is 11.3. The zero-order chi connectivity index (χ0) is 21.7. The summed E-state index contributed by atoms with van der Waals surface area (Å²) < 4.78 is 6.01. The molecular formula is C26H27ClO3. The third-order valence-electron chi connectivity index (χ3n) is 5.06. The first kappa shape index (κ1) is 21.9. The van der Waals surface area contributed by atoms with Crippen LogP contribution in [0.1, 0.15) is 43.9 Å². The fraction of sp³-hybridized carbons (Fsp3) is 0.269. The molecule has 0 unspecified atom stereocenters. The van der Waals surface area contributed by atoms with Crippen LogP contribution in [0.2, 0.25) is 5.02 Å². The highest BCUT2D eigenvalue weighted by Gasteiger charge is 2.14. The fourth-order valence-corrected chi connectivity index (χ4v) is 3.37. The molecule has 1 N–H and O–H groups in total. The molecule has 3 aromatic rings. The number of carbonyl (C=O) groups is 1. The van der Waals surface area contributed by atoms with Gasteiger partial charge < -0.3 is 9.84 Å². The van der Waals surface area contributed by atoms with Gasteiger partial charge in [0, 0.05) is 11.4 Å². The maximum absolute atomic E-state index is 11.1. The number of benzene rings is 3. The van der Waals surface area contributed by atoms with Gasteiger partial charge in [-0.1, -0.05) is 74.8 Å². The van der Waals surface area contributed by atoms with E-state index in [1.165, 1.54) is 5.56 Å². The number of halogens is 1. The minimum absolute atomic E-state index is 0.0592. The quantitative estimate of drug-likeness (QED) is 0.450. The summed E-state index contributed by atoms with van der Waals surface area (Å²) in [6, 6.07) is 22.0. The summed E-state index contributed by atoms with van der Waals surface area (Å²) in [6.07, 6.45) is 0.475. The van der Waals surface area contributed by atoms with E-state index in [1.54, 1.807) is 0 Å². The Bertz CT molecular complexity index is 1000. The lowest BCUT2D eigenvalue weighted by Crippen LogP contribution is -2.10. The third-order valence-corrected chi connectivity index (χ3v) is 5.31. The van der Waals surface area contributed by atoms with Gasteiger partial charge in [0.2, 0.25) is 0 Å². The Hall–Kier alpha value is -2.78. The molecule has 0 aliphatic heterocycles. The molecule has 0 spiro atoms. The first-order valence-corrected chi connectivity index (χ1v) is 10.4. The summed E-state index contributed by atoms with van der Waals surface area (Å²) in [7, 11) is 0. The number of carboxylic acids is 1. The molecule has 0 fully saturated rings. The van der Waals surface area contributed by atoms with Crippen LogP contribution in [0.3, 0.4) is 0 Å². The summed E-state index contributed by atoms with van der Waals surface area (Å²) in [5.41, 5.74) is 5.43. The Labute approximate surface area is 183 Å². The van der Waals surface area contributed by atoms with Crippen molar-refractivity contribution in [3.8, 4) is 16.9 Å². The lowest BCUT2D eigenvalue weighted by Gasteiger charge is -2.19. The molecule has 0 aliphatic rings. The minimum Gasteiger partial charge on any atom is -0.489 e. The molecule has 0 bridgehead atoms. The van der Waals surface area contributed by atoms with E-state index in [0.29, 0.717) is 23.8 Å². The summed E-state index contributed by atoms with van der Waals surface area (Å²) in [4.78, 5) is 11.1. The van der Waals surface area contributed by atoms with Crippen LogP contribution in [-0.4, -0.2) is 11.1 Å². The van der Waals surface area contributed by atoms with Crippen LogP contribution in [0, 0.1) is 0 Å². The number of hydrogen-bond acceptors (Lipinski definition) is 2. The van der Waals surface area contributed by atoms with Crippen LogP contribution < -0.4 is 4.74 Å². The standard InChI is InChI=1S/C26H27ClO3/c1-26(2,3)22-10-6-19(7-11-22)20-8-14-24(21(16-20)9-15-25(28)29)30-17-18-4-12-23(27)13-5-18/h4-8,10-14,16H,9,15,17H2,1-3H3,(H,28,29). The highest BCUT2D eigenvalue weighted by molar-refractivity contribution is 6.30. The molecule has 0 heterocycles. The van der Waals surface area contributed by atoms with E-state index >= 15 is 0 Å². The predicted molar refractivity (Wildman–Crippen MR) is 122 cm³/mol. The molecule has 3 rings (SSSR count). The number of aryl methyl sites for hydroxylation is 1. The first-order valence-electron chi connectivity index (χ1n) is 10.1. The second kappa shape index (κ2) is 9.36. The molecule has 0 atom stereocenters. The minimum atomic E-state index is -0.821. The van der Waals surface area contributed by atoms with E-state index in [-0.39, 0.29) is 11.8 Å². The van der Waals surface area contributed by atoms with Gasteiger partial charge in [0.15, 0.2) is 0 Å². The summed E-state index contributed by atoms with van der Waals surface area (Å²) in [5, 5.41) is 9.82. The van der Waals surface area contributed by atoms with E-state index in [9.17, 15) is 4.79 Å². The van der Waals surface area contributed by atoms with E-state index in [4.69, 9.17) is 21.4 Å². The first-order chi connectivity index (χ1) is 14.2. The van der Waals surface area contributed by atoms with Crippen LogP contribution in [0.5, 0.6) is 5.75 Å². The van der Waals surface area contributed by atoms with Gasteiger partial charge in [0.25, 0.3) is 0 Å². The van der Waals surface area contributed by atoms with Gasteiger partial charge in [-0.2, -0.15) is 0 Å². The molecule has 0 aliphatic carbocycles. The number of ether oxygens (including phenoxy) is 1. The molecule has 0 saturated heterocycles. The Morgan fingerprint density at radius 3 is 2.17 bits per heavy atom. The number of rotatable bonds is 7. The molecule has 0 amide bonds. The van der Waals surface area contributed by atoms with Crippen molar-refractivity contribution >= 4 is 17.6 Å². The Morgan fingerprint density at radius 2 is 1.57 bits per heavy atom. The highest BCUT2D eigenvalue weighted by Crippen LogP contribution is 2.30. The molecule has 4 heteroatoms. The smallest absolute Gasteiger partial charge is 0.303 e. The Morgan fingerprint density at radius 1 is 0.933 bits per heavy atom. The number of carboxylic acid groups (broad SMARTS) is 1. The Balaban J connectivity index is 1.84. The van der Waals surface area contributed by atoms with E-state index in [0.717, 1.165) is 22.3 Å². The van der Waals surface area contributed by atoms with Crippen LogP contribution in [0.4, 0.5) is 0 Å². The maximum Gasteiger partial charge on any atom is 0.303 e. The monoisotopic (exact) mass is 422 g/mol. The molecule has 0 radical (unpaired) electrons. The lowest BCUT2D eigenvalue weighted by atomic mass is 9.86. The van der Waals surface area contributed by atoms with Crippen molar-refractivity contribution in [2.45, 2.75) is 45.6 Å². The van der Waals surface area contributed by atoms with Crippen molar-refractivity contribution in [1.29, 1.82) is 0 Å². The van der Waals surface area contributed by atoms with Gasteiger partial charge in [0.05, 0.1) is 0 Å². The summed E-state index contributed by atoms with van der Waals surface area (Å²) in [5.74, 6) is -0.111. The Kier molecular flexibility index (Phi) is 6.84. The van der Waals surface area contributed by atoms with Gasteiger partial charge >= 0.3 is 5.97 Å². The molecule has 156 valence electrons. The molecular weight excluding hydrogens is 396 g/mol. The van der Waals surface area contributed by atoms with Crippen LogP contribution >= 0.6 is 11.6 Å². The van der Waals surface area contributed by atoms with E-state index in [1.807, 2.05) is 42.5 Å². The average Bonchev–Trinajstić information content (AvgIpc) is 2.71. The number of hydrogen-bond donors (Lipinski definition) is 1. The zero-order valence-electron chi connectivity index (χ0n) is 17.6. The number of aliphatic carboxylic acids is 1. The van der Waals surface area contributed by atoms with Gasteiger partial charge in [-0.15, -0.1) is 0 Å². The van der Waals surface area contributed by atoms with Crippen molar-refractivity contribution in [1.82, 2.24) is 0 Å². The van der Waals surface area contributed by atoms with Crippen molar-refractivity contribution in [3.05, 3.63) is 88.4 Å². The molecule has 3 aromatic carbocycles. The zero-order valence-corrected chi connectivity index (χ0v) is 18.4. The van der Waals surface area contributed by atoms with Gasteiger partial charge in [-0.25, -0.2) is 0 Å². The highest BCUT2D eigenvalue weighted by atomic mass is 35.5. The molecule has 3 nitrogen and oxygen atoms in total. The van der Waals surface area contributed by atoms with Crippen molar-refractivity contribution in [2.75, 3.05) is 0 Å². The molecule has 0 aromatic heterocycles. The van der Waals surface area contributed by atoms with Crippen LogP contribution in [0.25, 0.3) is 11.1 Å². The van der Waals surface area contributed by atoms with Crippen molar-refractivity contribution in [3.63, 3.8) is 0 Å². The average molecular weight is 423 g/mol. The largest absolute Gasteiger partial charge is 0.489 e. The van der Waals surface area contributed by atoms with Gasteiger partial charge in [-0.05, 0) is 63.9 Å². The second-order valence-corrected chi connectivity index (χ2v) is 8.90. The van der Waals surface area contributed by atoms with Gasteiger partial charge in [0.1, 0.15) is 12.4 Å². The van der Waals surface area contributed by atoms with Crippen LogP contribution in [-0.2, 0) is 23.2 Å². The van der Waals surface area contributed by atoms with Crippen molar-refractivity contribution in [2.24, 2.45) is 0 Å². The molecule has 30 heavy (non-hydrogen) atoms. The SMILES string of the molecule is CC(C)(C)c1ccc(-c2ccc(OCc3ccc(Cl)cc3)c(CCC(=O)O)c2)cc1. The predicted octanol–water partition coefficient (Wildman–Crippen LogP) is 6.90. The van der Waals surface area contributed by atoms with Crippen molar-refractivity contribution < 1.29 is 14.6 Å². The van der Waals surface area contributed by atoms with E-state index < -0.39 is 5.97 Å². The van der Waals surface area contributed by atoms with E-state index in [2.05, 4.69) is 45.0 Å². The van der Waals surface area contributed by atoms with Gasteiger partial charge in [-0.3, -0.25) is 4.79 Å². The summed E-state index contributed by atoms with van der Waals surface area (Å²) >= 11 is 5.94. The second-order valence-electron chi connectivity index (χ2n) is 8.46. The topological polar surface area (TPSA) is 46.5 Å². The fourth-order valence-electron chi connectivity index (χ4n) is 3.24. The molecule has 0 saturated carbocycles. The van der Waals surface area contributed by atoms with Crippen LogP contribution in [0.15, 0.2) is 66.7 Å². The summed E-state index contributed by atoms with van der Waals surface area (Å²) in [6.45, 7) is 6.98. The lowest BCUT2D eigenvalue weighted by molar-refractivity contribution is -0.136. The third kappa shape index (κ3) is 5.87.